The third-order valence-electron chi connectivity index (χ3n) is 2.41. The van der Waals surface area contributed by atoms with Gasteiger partial charge in [-0.2, -0.15) is 0 Å². The molecule has 1 aromatic rings. The number of carbonyl (C=O) groups is 2. The van der Waals surface area contributed by atoms with Gasteiger partial charge in [-0.1, -0.05) is 0 Å². The van der Waals surface area contributed by atoms with Crippen LogP contribution in [0.25, 0.3) is 0 Å². The van der Waals surface area contributed by atoms with Crippen LogP contribution in [0.2, 0.25) is 0 Å². The summed E-state index contributed by atoms with van der Waals surface area (Å²) in [5, 5.41) is 11.3. The van der Waals surface area contributed by atoms with E-state index in [0.717, 1.165) is 0 Å². The molecule has 1 heterocycles. The van der Waals surface area contributed by atoms with E-state index in [0.29, 0.717) is 5.69 Å². The van der Waals surface area contributed by atoms with Crippen molar-refractivity contribution >= 4 is 17.6 Å². The molecule has 0 unspecified atom stereocenters. The summed E-state index contributed by atoms with van der Waals surface area (Å²) in [6.07, 6.45) is 1.51. The number of aromatic carboxylic acids is 1. The standard InChI is InChI=1S/C12H16N2O4/c1-12(2,18-3)6-10(15)14-8-4-5-9(11(16)17)13-7-8/h4-5,7H,6H2,1-3H3,(H,14,15)(H,16,17). The molecule has 0 atom stereocenters. The van der Waals surface area contributed by atoms with E-state index in [1.165, 1.54) is 25.4 Å². The van der Waals surface area contributed by atoms with E-state index >= 15 is 0 Å². The lowest BCUT2D eigenvalue weighted by Crippen LogP contribution is -2.29. The van der Waals surface area contributed by atoms with Gasteiger partial charge in [0.05, 0.1) is 23.9 Å². The van der Waals surface area contributed by atoms with Crippen molar-refractivity contribution in [3.8, 4) is 0 Å². The number of carboxylic acids is 1. The molecule has 0 fully saturated rings. The summed E-state index contributed by atoms with van der Waals surface area (Å²) in [6, 6.07) is 2.83. The highest BCUT2D eigenvalue weighted by Crippen LogP contribution is 2.14. The van der Waals surface area contributed by atoms with Crippen LogP contribution in [-0.2, 0) is 9.53 Å². The zero-order chi connectivity index (χ0) is 13.8. The number of pyridine rings is 1. The Kier molecular flexibility index (Phi) is 4.38. The van der Waals surface area contributed by atoms with E-state index in [1.807, 2.05) is 0 Å². The quantitative estimate of drug-likeness (QED) is 0.829. The SMILES string of the molecule is COC(C)(C)CC(=O)Nc1ccc(C(=O)O)nc1. The summed E-state index contributed by atoms with van der Waals surface area (Å²) in [7, 11) is 1.54. The highest BCUT2D eigenvalue weighted by molar-refractivity contribution is 5.91. The minimum absolute atomic E-state index is 0.0646. The molecular formula is C12H16N2O4. The van der Waals surface area contributed by atoms with Crippen molar-refractivity contribution in [3.63, 3.8) is 0 Å². The first kappa shape index (κ1) is 14.1. The summed E-state index contributed by atoms with van der Waals surface area (Å²) in [4.78, 5) is 26.0. The minimum Gasteiger partial charge on any atom is -0.477 e. The minimum atomic E-state index is -1.10. The summed E-state index contributed by atoms with van der Waals surface area (Å²) >= 11 is 0. The number of carboxylic acid groups (broad SMARTS) is 1. The second-order valence-corrected chi connectivity index (χ2v) is 4.43. The lowest BCUT2D eigenvalue weighted by Gasteiger charge is -2.21. The number of hydrogen-bond acceptors (Lipinski definition) is 4. The molecule has 2 N–H and O–H groups in total. The average Bonchev–Trinajstić information content (AvgIpc) is 2.29. The fraction of sp³-hybridized carbons (Fsp3) is 0.417. The molecule has 0 saturated heterocycles. The van der Waals surface area contributed by atoms with Gasteiger partial charge in [0.2, 0.25) is 5.91 Å². The maximum Gasteiger partial charge on any atom is 0.354 e. The number of nitrogens with one attached hydrogen (secondary N) is 1. The molecule has 0 saturated carbocycles. The number of aromatic nitrogens is 1. The van der Waals surface area contributed by atoms with Gasteiger partial charge < -0.3 is 15.2 Å². The van der Waals surface area contributed by atoms with Crippen LogP contribution in [0.5, 0.6) is 0 Å². The van der Waals surface area contributed by atoms with Crippen molar-refractivity contribution in [3.05, 3.63) is 24.0 Å². The van der Waals surface area contributed by atoms with Crippen molar-refractivity contribution in [2.75, 3.05) is 12.4 Å². The van der Waals surface area contributed by atoms with Gasteiger partial charge in [-0.15, -0.1) is 0 Å². The highest BCUT2D eigenvalue weighted by atomic mass is 16.5. The Morgan fingerprint density at radius 3 is 2.56 bits per heavy atom. The van der Waals surface area contributed by atoms with E-state index in [1.54, 1.807) is 13.8 Å². The van der Waals surface area contributed by atoms with Crippen LogP contribution in [-0.4, -0.2) is 34.7 Å². The lowest BCUT2D eigenvalue weighted by molar-refractivity contribution is -0.121. The second kappa shape index (κ2) is 5.59. The van der Waals surface area contributed by atoms with Gasteiger partial charge in [0.15, 0.2) is 0 Å². The van der Waals surface area contributed by atoms with Crippen molar-refractivity contribution in [2.45, 2.75) is 25.9 Å². The fourth-order valence-corrected chi connectivity index (χ4v) is 1.26. The van der Waals surface area contributed by atoms with Crippen LogP contribution < -0.4 is 5.32 Å². The van der Waals surface area contributed by atoms with Crippen LogP contribution in [0.4, 0.5) is 5.69 Å². The first-order valence-corrected chi connectivity index (χ1v) is 5.38. The molecule has 1 rings (SSSR count). The molecule has 0 aromatic carbocycles. The Morgan fingerprint density at radius 2 is 2.11 bits per heavy atom. The van der Waals surface area contributed by atoms with Crippen molar-refractivity contribution in [2.24, 2.45) is 0 Å². The molecule has 0 aliphatic heterocycles. The van der Waals surface area contributed by atoms with Gasteiger partial charge in [0.1, 0.15) is 5.69 Å². The normalized spacial score (nSPS) is 11.1. The van der Waals surface area contributed by atoms with Crippen molar-refractivity contribution in [1.82, 2.24) is 4.98 Å². The number of amides is 1. The van der Waals surface area contributed by atoms with E-state index in [4.69, 9.17) is 9.84 Å². The summed E-state index contributed by atoms with van der Waals surface area (Å²) < 4.78 is 5.14. The molecule has 0 spiro atoms. The molecule has 0 aliphatic rings. The molecule has 1 aromatic heterocycles. The van der Waals surface area contributed by atoms with Gasteiger partial charge in [0.25, 0.3) is 0 Å². The van der Waals surface area contributed by atoms with E-state index in [9.17, 15) is 9.59 Å². The average molecular weight is 252 g/mol. The largest absolute Gasteiger partial charge is 0.477 e. The molecule has 0 radical (unpaired) electrons. The first-order valence-electron chi connectivity index (χ1n) is 5.38. The third kappa shape index (κ3) is 4.14. The summed E-state index contributed by atoms with van der Waals surface area (Å²) in [5.74, 6) is -1.32. The number of carbonyl (C=O) groups excluding carboxylic acids is 1. The van der Waals surface area contributed by atoms with Crippen LogP contribution >= 0.6 is 0 Å². The molecule has 0 bridgehead atoms. The van der Waals surface area contributed by atoms with Gasteiger partial charge >= 0.3 is 5.97 Å². The Morgan fingerprint density at radius 1 is 1.44 bits per heavy atom. The van der Waals surface area contributed by atoms with E-state index in [2.05, 4.69) is 10.3 Å². The number of anilines is 1. The topological polar surface area (TPSA) is 88.5 Å². The molecule has 1 amide bonds. The van der Waals surface area contributed by atoms with E-state index < -0.39 is 11.6 Å². The number of rotatable bonds is 5. The van der Waals surface area contributed by atoms with Gasteiger partial charge in [-0.3, -0.25) is 4.79 Å². The smallest absolute Gasteiger partial charge is 0.354 e. The van der Waals surface area contributed by atoms with Crippen molar-refractivity contribution < 1.29 is 19.4 Å². The Bertz CT molecular complexity index is 440. The highest BCUT2D eigenvalue weighted by Gasteiger charge is 2.21. The molecule has 6 nitrogen and oxygen atoms in total. The molecule has 18 heavy (non-hydrogen) atoms. The fourth-order valence-electron chi connectivity index (χ4n) is 1.26. The number of nitrogens with zero attached hydrogens (tertiary/aromatic N) is 1. The molecule has 98 valence electrons. The number of ether oxygens (including phenoxy) is 1. The summed E-state index contributed by atoms with van der Waals surface area (Å²) in [6.45, 7) is 3.61. The number of hydrogen-bond donors (Lipinski definition) is 2. The third-order valence-corrected chi connectivity index (χ3v) is 2.41. The maximum absolute atomic E-state index is 11.7. The molecule has 0 aliphatic carbocycles. The second-order valence-electron chi connectivity index (χ2n) is 4.43. The predicted molar refractivity (Wildman–Crippen MR) is 65.5 cm³/mol. The Hall–Kier alpha value is -1.95. The predicted octanol–water partition coefficient (Wildman–Crippen LogP) is 1.53. The first-order chi connectivity index (χ1) is 8.34. The molecule has 6 heteroatoms. The number of methoxy groups -OCH3 is 1. The van der Waals surface area contributed by atoms with Gasteiger partial charge in [-0.05, 0) is 26.0 Å². The van der Waals surface area contributed by atoms with Crippen LogP contribution in [0, 0.1) is 0 Å². The van der Waals surface area contributed by atoms with E-state index in [-0.39, 0.29) is 18.0 Å². The Labute approximate surface area is 105 Å². The Balaban J connectivity index is 2.63. The maximum atomic E-state index is 11.7. The lowest BCUT2D eigenvalue weighted by atomic mass is 10.0. The van der Waals surface area contributed by atoms with Crippen LogP contribution in [0.1, 0.15) is 30.8 Å². The van der Waals surface area contributed by atoms with Gasteiger partial charge in [0, 0.05) is 7.11 Å². The molecular weight excluding hydrogens is 236 g/mol. The monoisotopic (exact) mass is 252 g/mol. The van der Waals surface area contributed by atoms with Gasteiger partial charge in [-0.25, -0.2) is 9.78 Å². The zero-order valence-electron chi connectivity index (χ0n) is 10.6. The van der Waals surface area contributed by atoms with Crippen LogP contribution in [0.3, 0.4) is 0 Å². The van der Waals surface area contributed by atoms with Crippen LogP contribution in [0.15, 0.2) is 18.3 Å². The van der Waals surface area contributed by atoms with Crippen molar-refractivity contribution in [1.29, 1.82) is 0 Å². The zero-order valence-corrected chi connectivity index (χ0v) is 10.6. The summed E-state index contributed by atoms with van der Waals surface area (Å²) in [5.41, 5.74) is -0.152.